The monoisotopic (exact) mass is 241 g/mol. The van der Waals surface area contributed by atoms with Crippen LogP contribution in [0.5, 0.6) is 0 Å². The summed E-state index contributed by atoms with van der Waals surface area (Å²) in [5.41, 5.74) is 8.26. The van der Waals surface area contributed by atoms with Crippen molar-refractivity contribution < 1.29 is 4.42 Å². The van der Waals surface area contributed by atoms with Crippen molar-refractivity contribution in [3.8, 4) is 0 Å². The first kappa shape index (κ1) is 11.0. The lowest BCUT2D eigenvalue weighted by Crippen LogP contribution is -2.17. The van der Waals surface area contributed by atoms with E-state index in [4.69, 9.17) is 10.2 Å². The lowest BCUT2D eigenvalue weighted by Gasteiger charge is -2.12. The Bertz CT molecular complexity index is 655. The Morgan fingerprint density at radius 3 is 2.89 bits per heavy atom. The zero-order valence-corrected chi connectivity index (χ0v) is 10.2. The van der Waals surface area contributed by atoms with Crippen LogP contribution in [-0.4, -0.2) is 9.55 Å². The van der Waals surface area contributed by atoms with Crippen LogP contribution in [0, 0.1) is 6.92 Å². The zero-order chi connectivity index (χ0) is 12.5. The van der Waals surface area contributed by atoms with E-state index in [0.29, 0.717) is 6.54 Å². The molecule has 2 N–H and O–H groups in total. The van der Waals surface area contributed by atoms with Crippen molar-refractivity contribution in [2.45, 2.75) is 19.5 Å². The predicted molar refractivity (Wildman–Crippen MR) is 70.1 cm³/mol. The molecule has 92 valence electrons. The molecule has 0 saturated carbocycles. The fraction of sp³-hybridized carbons (Fsp3) is 0.214. The maximum absolute atomic E-state index is 6.15. The first-order valence-electron chi connectivity index (χ1n) is 5.96. The van der Waals surface area contributed by atoms with Crippen LogP contribution in [0.3, 0.4) is 0 Å². The predicted octanol–water partition coefficient (Wildman–Crippen LogP) is 2.64. The van der Waals surface area contributed by atoms with Crippen LogP contribution in [-0.2, 0) is 6.54 Å². The first-order valence-corrected chi connectivity index (χ1v) is 5.96. The summed E-state index contributed by atoms with van der Waals surface area (Å²) in [6.07, 6.45) is 1.65. The lowest BCUT2D eigenvalue weighted by molar-refractivity contribution is 0.435. The second-order valence-corrected chi connectivity index (χ2v) is 4.38. The van der Waals surface area contributed by atoms with Crippen molar-refractivity contribution in [2.75, 3.05) is 0 Å². The number of fused-ring (bicyclic) bond motifs is 1. The lowest BCUT2D eigenvalue weighted by atomic mass is 10.2. The van der Waals surface area contributed by atoms with Gasteiger partial charge >= 0.3 is 0 Å². The number of hydrogen-bond acceptors (Lipinski definition) is 3. The summed E-state index contributed by atoms with van der Waals surface area (Å²) in [7, 11) is 0. The fourth-order valence-corrected chi connectivity index (χ4v) is 2.22. The van der Waals surface area contributed by atoms with Gasteiger partial charge in [0.2, 0.25) is 0 Å². The van der Waals surface area contributed by atoms with Crippen LogP contribution in [0.4, 0.5) is 0 Å². The molecule has 0 aliphatic carbocycles. The van der Waals surface area contributed by atoms with Gasteiger partial charge in [0.25, 0.3) is 0 Å². The van der Waals surface area contributed by atoms with Gasteiger partial charge in [-0.1, -0.05) is 12.1 Å². The van der Waals surface area contributed by atoms with Gasteiger partial charge < -0.3 is 14.7 Å². The number of aryl methyl sites for hydroxylation is 1. The summed E-state index contributed by atoms with van der Waals surface area (Å²) in [4.78, 5) is 4.52. The third-order valence-electron chi connectivity index (χ3n) is 3.13. The van der Waals surface area contributed by atoms with Crippen LogP contribution < -0.4 is 5.73 Å². The third-order valence-corrected chi connectivity index (χ3v) is 3.13. The Kier molecular flexibility index (Phi) is 2.64. The van der Waals surface area contributed by atoms with Crippen molar-refractivity contribution in [3.63, 3.8) is 0 Å². The second kappa shape index (κ2) is 4.31. The molecule has 0 amide bonds. The van der Waals surface area contributed by atoms with E-state index in [0.717, 1.165) is 22.6 Å². The molecule has 4 heteroatoms. The van der Waals surface area contributed by atoms with Gasteiger partial charge in [0.05, 0.1) is 23.3 Å². The van der Waals surface area contributed by atoms with Crippen LogP contribution >= 0.6 is 0 Å². The molecule has 0 aliphatic heterocycles. The third kappa shape index (κ3) is 1.80. The highest BCUT2D eigenvalue weighted by molar-refractivity contribution is 5.75. The molecule has 0 fully saturated rings. The standard InChI is InChI=1S/C14H15N3O/c1-10-16-12-5-2-3-6-13(12)17(10)9-11(15)14-7-4-8-18-14/h2-8,11H,9,15H2,1H3. The Morgan fingerprint density at radius 1 is 1.28 bits per heavy atom. The average molecular weight is 241 g/mol. The molecule has 1 unspecified atom stereocenters. The highest BCUT2D eigenvalue weighted by Gasteiger charge is 2.13. The smallest absolute Gasteiger partial charge is 0.122 e. The molecule has 1 atom stereocenters. The number of imidazole rings is 1. The number of para-hydroxylation sites is 2. The summed E-state index contributed by atoms with van der Waals surface area (Å²) in [5.74, 6) is 1.77. The van der Waals surface area contributed by atoms with E-state index >= 15 is 0 Å². The number of furan rings is 1. The van der Waals surface area contributed by atoms with E-state index in [2.05, 4.69) is 15.6 Å². The minimum atomic E-state index is -0.156. The van der Waals surface area contributed by atoms with Gasteiger partial charge in [0.15, 0.2) is 0 Å². The second-order valence-electron chi connectivity index (χ2n) is 4.38. The highest BCUT2D eigenvalue weighted by atomic mass is 16.3. The van der Waals surface area contributed by atoms with E-state index in [1.54, 1.807) is 6.26 Å². The van der Waals surface area contributed by atoms with Crippen LogP contribution in [0.25, 0.3) is 11.0 Å². The van der Waals surface area contributed by atoms with Gasteiger partial charge in [-0.2, -0.15) is 0 Å². The number of hydrogen-bond donors (Lipinski definition) is 1. The molecule has 0 saturated heterocycles. The molecule has 3 aromatic rings. The average Bonchev–Trinajstić information content (AvgIpc) is 2.98. The summed E-state index contributed by atoms with van der Waals surface area (Å²) < 4.78 is 7.46. The molecule has 0 bridgehead atoms. The summed E-state index contributed by atoms with van der Waals surface area (Å²) in [5, 5.41) is 0. The largest absolute Gasteiger partial charge is 0.468 e. The Balaban J connectivity index is 1.97. The molecular formula is C14H15N3O. The minimum absolute atomic E-state index is 0.156. The fourth-order valence-electron chi connectivity index (χ4n) is 2.22. The first-order chi connectivity index (χ1) is 8.75. The van der Waals surface area contributed by atoms with Gasteiger partial charge in [-0.05, 0) is 31.2 Å². The van der Waals surface area contributed by atoms with Crippen molar-refractivity contribution in [3.05, 3.63) is 54.2 Å². The molecule has 2 heterocycles. The number of benzene rings is 1. The van der Waals surface area contributed by atoms with Gasteiger partial charge in [-0.3, -0.25) is 0 Å². The minimum Gasteiger partial charge on any atom is -0.468 e. The maximum Gasteiger partial charge on any atom is 0.122 e. The van der Waals surface area contributed by atoms with Gasteiger partial charge in [0.1, 0.15) is 11.6 Å². The Hall–Kier alpha value is -2.07. The van der Waals surface area contributed by atoms with E-state index in [1.807, 2.05) is 37.3 Å². The highest BCUT2D eigenvalue weighted by Crippen LogP contribution is 2.19. The van der Waals surface area contributed by atoms with Crippen molar-refractivity contribution in [1.82, 2.24) is 9.55 Å². The summed E-state index contributed by atoms with van der Waals surface area (Å²) in [6.45, 7) is 2.66. The Morgan fingerprint density at radius 2 is 2.11 bits per heavy atom. The van der Waals surface area contributed by atoms with Gasteiger partial charge in [0, 0.05) is 6.54 Å². The number of rotatable bonds is 3. The Labute approximate surface area is 105 Å². The molecular weight excluding hydrogens is 226 g/mol. The van der Waals surface area contributed by atoms with Crippen LogP contribution in [0.15, 0.2) is 47.1 Å². The van der Waals surface area contributed by atoms with Gasteiger partial charge in [-0.15, -0.1) is 0 Å². The molecule has 0 aliphatic rings. The van der Waals surface area contributed by atoms with Crippen molar-refractivity contribution >= 4 is 11.0 Å². The summed E-state index contributed by atoms with van der Waals surface area (Å²) >= 11 is 0. The molecule has 0 spiro atoms. The molecule has 18 heavy (non-hydrogen) atoms. The maximum atomic E-state index is 6.15. The van der Waals surface area contributed by atoms with E-state index < -0.39 is 0 Å². The van der Waals surface area contributed by atoms with Gasteiger partial charge in [-0.25, -0.2) is 4.98 Å². The number of nitrogens with two attached hydrogens (primary N) is 1. The quantitative estimate of drug-likeness (QED) is 0.767. The molecule has 4 nitrogen and oxygen atoms in total. The molecule has 3 rings (SSSR count). The normalized spacial score (nSPS) is 13.0. The molecule has 1 aromatic carbocycles. The molecule has 2 aromatic heterocycles. The van der Waals surface area contributed by atoms with E-state index in [1.165, 1.54) is 0 Å². The molecule has 0 radical (unpaired) electrons. The number of aromatic nitrogens is 2. The SMILES string of the molecule is Cc1nc2ccccc2n1CC(N)c1ccco1. The topological polar surface area (TPSA) is 57.0 Å². The van der Waals surface area contributed by atoms with Crippen LogP contribution in [0.2, 0.25) is 0 Å². The van der Waals surface area contributed by atoms with Crippen LogP contribution in [0.1, 0.15) is 17.6 Å². The van der Waals surface area contributed by atoms with E-state index in [-0.39, 0.29) is 6.04 Å². The van der Waals surface area contributed by atoms with E-state index in [9.17, 15) is 0 Å². The zero-order valence-electron chi connectivity index (χ0n) is 10.2. The van der Waals surface area contributed by atoms with Crippen molar-refractivity contribution in [1.29, 1.82) is 0 Å². The number of nitrogens with zero attached hydrogens (tertiary/aromatic N) is 2. The van der Waals surface area contributed by atoms with Crippen molar-refractivity contribution in [2.24, 2.45) is 5.73 Å². The summed E-state index contributed by atoms with van der Waals surface area (Å²) in [6, 6.07) is 11.7.